The van der Waals surface area contributed by atoms with Crippen LogP contribution in [0.4, 0.5) is 0 Å². The average Bonchev–Trinajstić information content (AvgIpc) is 3.06. The van der Waals surface area contributed by atoms with Gasteiger partial charge >= 0.3 is 0 Å². The van der Waals surface area contributed by atoms with Crippen LogP contribution in [0, 0.1) is 6.92 Å². The number of fused-ring (bicyclic) bond motifs is 1. The molecule has 0 spiro atoms. The van der Waals surface area contributed by atoms with Gasteiger partial charge in [0, 0.05) is 36.6 Å². The molecule has 0 saturated carbocycles. The number of halogens is 1. The van der Waals surface area contributed by atoms with E-state index in [1.807, 2.05) is 23.0 Å². The van der Waals surface area contributed by atoms with Gasteiger partial charge in [-0.1, -0.05) is 17.7 Å². The fourth-order valence-electron chi connectivity index (χ4n) is 2.32. The molecule has 2 aromatic heterocycles. The molecule has 0 aliphatic rings. The number of rotatable bonds is 5. The molecule has 0 aliphatic carbocycles. The van der Waals surface area contributed by atoms with Crippen LogP contribution in [0.2, 0.25) is 5.02 Å². The van der Waals surface area contributed by atoms with Crippen LogP contribution in [0.15, 0.2) is 47.8 Å². The van der Waals surface area contributed by atoms with Crippen molar-refractivity contribution >= 4 is 27.3 Å². The summed E-state index contributed by atoms with van der Waals surface area (Å²) in [7, 11) is -3.58. The van der Waals surface area contributed by atoms with Crippen molar-refractivity contribution in [3.8, 4) is 0 Å². The second kappa shape index (κ2) is 5.75. The van der Waals surface area contributed by atoms with E-state index in [2.05, 4.69) is 9.82 Å². The lowest BCUT2D eigenvalue weighted by Crippen LogP contribution is -2.28. The van der Waals surface area contributed by atoms with Crippen LogP contribution >= 0.6 is 11.6 Å². The number of sulfonamides is 1. The second-order valence-electron chi connectivity index (χ2n) is 4.89. The Bertz CT molecular complexity index is 914. The molecule has 0 radical (unpaired) electrons. The Labute approximate surface area is 133 Å². The SMILES string of the molecule is Cc1c(Cl)cccc1S(=O)(=O)NCCn1ccn2nccc12. The highest BCUT2D eigenvalue weighted by Crippen LogP contribution is 2.22. The summed E-state index contributed by atoms with van der Waals surface area (Å²) in [5.41, 5.74) is 1.47. The van der Waals surface area contributed by atoms with Crippen LogP contribution in [0.1, 0.15) is 5.56 Å². The Hall–Kier alpha value is -1.83. The van der Waals surface area contributed by atoms with Gasteiger partial charge in [0.05, 0.1) is 11.1 Å². The molecule has 0 atom stereocenters. The molecule has 0 saturated heterocycles. The first kappa shape index (κ1) is 15.1. The van der Waals surface area contributed by atoms with Gasteiger partial charge in [0.1, 0.15) is 5.65 Å². The van der Waals surface area contributed by atoms with Crippen LogP contribution < -0.4 is 4.72 Å². The molecule has 3 aromatic rings. The van der Waals surface area contributed by atoms with Crippen molar-refractivity contribution in [1.82, 2.24) is 18.9 Å². The number of aromatic nitrogens is 3. The molecular weight excluding hydrogens is 324 g/mol. The van der Waals surface area contributed by atoms with Gasteiger partial charge in [-0.25, -0.2) is 17.7 Å². The summed E-state index contributed by atoms with van der Waals surface area (Å²) in [5, 5.41) is 4.55. The first-order valence-corrected chi connectivity index (χ1v) is 8.58. The average molecular weight is 339 g/mol. The molecule has 0 bridgehead atoms. The zero-order valence-electron chi connectivity index (χ0n) is 11.9. The molecule has 0 amide bonds. The maximum absolute atomic E-state index is 12.4. The maximum atomic E-state index is 12.4. The fourth-order valence-corrected chi connectivity index (χ4v) is 3.83. The summed E-state index contributed by atoms with van der Waals surface area (Å²) < 4.78 is 31.0. The van der Waals surface area contributed by atoms with Crippen molar-refractivity contribution in [1.29, 1.82) is 0 Å². The first-order chi connectivity index (χ1) is 10.5. The van der Waals surface area contributed by atoms with Crippen LogP contribution in [0.25, 0.3) is 5.65 Å². The van der Waals surface area contributed by atoms with Crippen molar-refractivity contribution in [2.45, 2.75) is 18.4 Å². The molecule has 22 heavy (non-hydrogen) atoms. The highest BCUT2D eigenvalue weighted by Gasteiger charge is 2.17. The Morgan fingerprint density at radius 2 is 2.09 bits per heavy atom. The highest BCUT2D eigenvalue weighted by molar-refractivity contribution is 7.89. The number of hydrogen-bond acceptors (Lipinski definition) is 3. The molecule has 0 unspecified atom stereocenters. The van der Waals surface area contributed by atoms with Crippen molar-refractivity contribution in [2.75, 3.05) is 6.54 Å². The van der Waals surface area contributed by atoms with Crippen molar-refractivity contribution in [3.63, 3.8) is 0 Å². The predicted octanol–water partition coefficient (Wildman–Crippen LogP) is 2.08. The van der Waals surface area contributed by atoms with E-state index in [4.69, 9.17) is 11.6 Å². The van der Waals surface area contributed by atoms with Gasteiger partial charge in [-0.05, 0) is 24.6 Å². The molecule has 6 nitrogen and oxygen atoms in total. The quantitative estimate of drug-likeness (QED) is 0.774. The smallest absolute Gasteiger partial charge is 0.240 e. The molecule has 8 heteroatoms. The Morgan fingerprint density at radius 1 is 1.27 bits per heavy atom. The van der Waals surface area contributed by atoms with Crippen molar-refractivity contribution < 1.29 is 8.42 Å². The monoisotopic (exact) mass is 338 g/mol. The minimum absolute atomic E-state index is 0.210. The van der Waals surface area contributed by atoms with Crippen LogP contribution in [-0.4, -0.2) is 29.1 Å². The van der Waals surface area contributed by atoms with Crippen molar-refractivity contribution in [3.05, 3.63) is 53.4 Å². The lowest BCUT2D eigenvalue weighted by atomic mass is 10.2. The molecule has 116 valence electrons. The van der Waals surface area contributed by atoms with E-state index in [-0.39, 0.29) is 11.4 Å². The molecule has 1 N–H and O–H groups in total. The summed E-state index contributed by atoms with van der Waals surface area (Å²) >= 11 is 5.98. The number of hydrogen-bond donors (Lipinski definition) is 1. The van der Waals surface area contributed by atoms with Gasteiger partial charge in [0.25, 0.3) is 0 Å². The van der Waals surface area contributed by atoms with Gasteiger partial charge in [0.15, 0.2) is 0 Å². The number of imidazole rings is 1. The normalized spacial score (nSPS) is 12.1. The zero-order valence-corrected chi connectivity index (χ0v) is 13.5. The Kier molecular flexibility index (Phi) is 3.94. The third kappa shape index (κ3) is 2.75. The van der Waals surface area contributed by atoms with E-state index in [1.165, 1.54) is 0 Å². The van der Waals surface area contributed by atoms with E-state index < -0.39 is 10.0 Å². The Morgan fingerprint density at radius 3 is 2.91 bits per heavy atom. The largest absolute Gasteiger partial charge is 0.330 e. The molecular formula is C14H15ClN4O2S. The van der Waals surface area contributed by atoms with Crippen LogP contribution in [0.5, 0.6) is 0 Å². The van der Waals surface area contributed by atoms with Crippen LogP contribution in [0.3, 0.4) is 0 Å². The topological polar surface area (TPSA) is 68.4 Å². The molecule has 3 rings (SSSR count). The summed E-state index contributed by atoms with van der Waals surface area (Å²) in [5.74, 6) is 0. The fraction of sp³-hybridized carbons (Fsp3) is 0.214. The summed E-state index contributed by atoms with van der Waals surface area (Å²) in [4.78, 5) is 0.210. The lowest BCUT2D eigenvalue weighted by molar-refractivity contribution is 0.574. The summed E-state index contributed by atoms with van der Waals surface area (Å²) in [6, 6.07) is 6.72. The van der Waals surface area contributed by atoms with Gasteiger partial charge in [0.2, 0.25) is 10.0 Å². The molecule has 1 aromatic carbocycles. The van der Waals surface area contributed by atoms with Gasteiger partial charge in [-0.3, -0.25) is 0 Å². The number of benzene rings is 1. The van der Waals surface area contributed by atoms with E-state index in [0.29, 0.717) is 17.1 Å². The zero-order chi connectivity index (χ0) is 15.7. The van der Waals surface area contributed by atoms with Gasteiger partial charge in [-0.15, -0.1) is 0 Å². The third-order valence-electron chi connectivity index (χ3n) is 3.48. The van der Waals surface area contributed by atoms with Crippen molar-refractivity contribution in [2.24, 2.45) is 0 Å². The first-order valence-electron chi connectivity index (χ1n) is 6.72. The highest BCUT2D eigenvalue weighted by atomic mass is 35.5. The summed E-state index contributed by atoms with van der Waals surface area (Å²) in [6.45, 7) is 2.49. The van der Waals surface area contributed by atoms with Crippen LogP contribution in [-0.2, 0) is 16.6 Å². The third-order valence-corrected chi connectivity index (χ3v) is 5.50. The number of nitrogens with zero attached hydrogens (tertiary/aromatic N) is 3. The second-order valence-corrected chi connectivity index (χ2v) is 7.03. The predicted molar refractivity (Wildman–Crippen MR) is 84.6 cm³/mol. The van der Waals surface area contributed by atoms with E-state index >= 15 is 0 Å². The maximum Gasteiger partial charge on any atom is 0.240 e. The summed E-state index contributed by atoms with van der Waals surface area (Å²) in [6.07, 6.45) is 5.39. The molecule has 0 fully saturated rings. The van der Waals surface area contributed by atoms with E-state index in [1.54, 1.807) is 35.8 Å². The van der Waals surface area contributed by atoms with E-state index in [9.17, 15) is 8.42 Å². The van der Waals surface area contributed by atoms with E-state index in [0.717, 1.165) is 5.65 Å². The van der Waals surface area contributed by atoms with Gasteiger partial charge in [-0.2, -0.15) is 5.10 Å². The Balaban J connectivity index is 1.73. The standard InChI is InChI=1S/C14H15ClN4O2S/c1-11-12(15)3-2-4-13(11)22(20,21)17-7-8-18-9-10-19-14(18)5-6-16-19/h2-6,9-10,17H,7-8H2,1H3. The minimum Gasteiger partial charge on any atom is -0.330 e. The molecule has 0 aliphatic heterocycles. The van der Waals surface area contributed by atoms with Gasteiger partial charge < -0.3 is 4.57 Å². The molecule has 2 heterocycles. The minimum atomic E-state index is -3.58. The lowest BCUT2D eigenvalue weighted by Gasteiger charge is -2.10. The number of nitrogens with one attached hydrogen (secondary N) is 1.